The van der Waals surface area contributed by atoms with Gasteiger partial charge in [0.05, 0.1) is 26.4 Å². The van der Waals surface area contributed by atoms with E-state index in [0.717, 1.165) is 109 Å². The number of carbonyl (C=O) groups is 4. The van der Waals surface area contributed by atoms with Crippen molar-refractivity contribution in [3.05, 3.63) is 0 Å². The molecule has 0 aromatic heterocycles. The van der Waals surface area contributed by atoms with Crippen molar-refractivity contribution in [1.82, 2.24) is 0 Å². The summed E-state index contributed by atoms with van der Waals surface area (Å²) in [5.41, 5.74) is 0. The van der Waals surface area contributed by atoms with E-state index < -0.39 is 97.5 Å². The first kappa shape index (κ1) is 77.1. The van der Waals surface area contributed by atoms with Crippen molar-refractivity contribution in [3.63, 3.8) is 0 Å². The second kappa shape index (κ2) is 50.6. The Kier molecular flexibility index (Phi) is 49.3. The van der Waals surface area contributed by atoms with Gasteiger partial charge < -0.3 is 33.8 Å². The molecule has 0 aliphatic rings. The molecule has 2 unspecified atom stereocenters. The number of hydrogen-bond acceptors (Lipinski definition) is 15. The number of aliphatic hydroxyl groups excluding tert-OH is 1. The molecule has 0 bridgehead atoms. The van der Waals surface area contributed by atoms with Crippen LogP contribution in [-0.2, 0) is 65.4 Å². The van der Waals surface area contributed by atoms with Crippen LogP contribution in [-0.4, -0.2) is 96.7 Å². The third kappa shape index (κ3) is 55.0. The first-order valence-corrected chi connectivity index (χ1v) is 34.2. The molecule has 0 saturated carbocycles. The number of rotatable bonds is 57. The summed E-state index contributed by atoms with van der Waals surface area (Å²) in [7, 11) is -9.88. The molecule has 0 heterocycles. The van der Waals surface area contributed by atoms with Crippen molar-refractivity contribution in [2.24, 2.45) is 23.7 Å². The average Bonchev–Trinajstić information content (AvgIpc) is 3.38. The number of aliphatic hydroxyl groups is 1. The van der Waals surface area contributed by atoms with Gasteiger partial charge in [0.1, 0.15) is 19.3 Å². The number of esters is 4. The SMILES string of the molecule is CC(C)CCCCCCCCCCC(=O)O[C@H](COC(=O)CCCCCCCCCC(C)C)COP(=O)(O)OC[C@@H](O)COP(=O)(O)OC[C@@H](COC(=O)CCCCCCCCC(C)C)OC(=O)CCCCCCCCC(C)C. The van der Waals surface area contributed by atoms with E-state index in [2.05, 4.69) is 55.4 Å². The number of carbonyl (C=O) groups excluding carboxylic acids is 4. The third-order valence-electron chi connectivity index (χ3n) is 13.6. The zero-order valence-electron chi connectivity index (χ0n) is 51.0. The molecule has 0 saturated heterocycles. The summed E-state index contributed by atoms with van der Waals surface area (Å²) in [4.78, 5) is 71.9. The number of phosphoric ester groups is 2. The van der Waals surface area contributed by atoms with Gasteiger partial charge in [-0.25, -0.2) is 9.13 Å². The highest BCUT2D eigenvalue weighted by molar-refractivity contribution is 7.47. The maximum atomic E-state index is 12.9. The fourth-order valence-electron chi connectivity index (χ4n) is 8.72. The second-order valence-corrected chi connectivity index (χ2v) is 26.5. The molecule has 0 aliphatic heterocycles. The van der Waals surface area contributed by atoms with E-state index in [4.69, 9.17) is 37.0 Å². The van der Waals surface area contributed by atoms with Crippen LogP contribution in [0, 0.1) is 23.7 Å². The lowest BCUT2D eigenvalue weighted by atomic mass is 10.0. The molecule has 3 N–H and O–H groups in total. The first-order chi connectivity index (χ1) is 37.6. The topological polar surface area (TPSA) is 237 Å². The molecular formula is C60H116O17P2. The minimum Gasteiger partial charge on any atom is -0.462 e. The second-order valence-electron chi connectivity index (χ2n) is 23.6. The van der Waals surface area contributed by atoms with E-state index in [1.165, 1.54) is 70.6 Å². The molecule has 0 aliphatic carbocycles. The molecule has 5 atom stereocenters. The lowest BCUT2D eigenvalue weighted by Crippen LogP contribution is -2.30. The van der Waals surface area contributed by atoms with E-state index in [-0.39, 0.29) is 25.7 Å². The minimum atomic E-state index is -4.94. The van der Waals surface area contributed by atoms with E-state index >= 15 is 0 Å². The summed E-state index contributed by atoms with van der Waals surface area (Å²) < 4.78 is 67.7. The summed E-state index contributed by atoms with van der Waals surface area (Å²) >= 11 is 0. The summed E-state index contributed by atoms with van der Waals surface area (Å²) in [6.45, 7) is 13.8. The first-order valence-electron chi connectivity index (χ1n) is 31.2. The highest BCUT2D eigenvalue weighted by Gasteiger charge is 2.30. The molecule has 468 valence electrons. The lowest BCUT2D eigenvalue weighted by molar-refractivity contribution is -0.161. The van der Waals surface area contributed by atoms with E-state index in [9.17, 15) is 43.2 Å². The van der Waals surface area contributed by atoms with Gasteiger partial charge in [0, 0.05) is 25.7 Å². The Balaban J connectivity index is 5.24. The lowest BCUT2D eigenvalue weighted by Gasteiger charge is -2.21. The van der Waals surface area contributed by atoms with Gasteiger partial charge in [0.25, 0.3) is 0 Å². The smallest absolute Gasteiger partial charge is 0.462 e. The Morgan fingerprint density at radius 2 is 0.532 bits per heavy atom. The Morgan fingerprint density at radius 1 is 0.316 bits per heavy atom. The Bertz CT molecular complexity index is 1590. The van der Waals surface area contributed by atoms with Crippen molar-refractivity contribution in [2.75, 3.05) is 39.6 Å². The molecule has 0 radical (unpaired) electrons. The monoisotopic (exact) mass is 1170 g/mol. The fraction of sp³-hybridized carbons (Fsp3) is 0.933. The Hall–Kier alpha value is -1.94. The Morgan fingerprint density at radius 3 is 0.785 bits per heavy atom. The zero-order chi connectivity index (χ0) is 59.0. The number of phosphoric acid groups is 2. The molecular weight excluding hydrogens is 1050 g/mol. The van der Waals surface area contributed by atoms with Gasteiger partial charge in [-0.2, -0.15) is 0 Å². The molecule has 17 nitrogen and oxygen atoms in total. The van der Waals surface area contributed by atoms with Crippen molar-refractivity contribution in [1.29, 1.82) is 0 Å². The van der Waals surface area contributed by atoms with Crippen LogP contribution in [0.1, 0.15) is 280 Å². The van der Waals surface area contributed by atoms with Gasteiger partial charge in [0.15, 0.2) is 12.2 Å². The van der Waals surface area contributed by atoms with Crippen molar-refractivity contribution in [3.8, 4) is 0 Å². The summed E-state index contributed by atoms with van der Waals surface area (Å²) in [5.74, 6) is 0.620. The molecule has 0 amide bonds. The van der Waals surface area contributed by atoms with Crippen LogP contribution in [0.2, 0.25) is 0 Å². The molecule has 0 spiro atoms. The average molecular weight is 1170 g/mol. The van der Waals surface area contributed by atoms with E-state index in [1.54, 1.807) is 0 Å². The van der Waals surface area contributed by atoms with Crippen molar-refractivity contribution in [2.45, 2.75) is 298 Å². The van der Waals surface area contributed by atoms with Crippen LogP contribution >= 0.6 is 15.6 Å². The van der Waals surface area contributed by atoms with Gasteiger partial charge in [-0.05, 0) is 49.4 Å². The number of hydrogen-bond donors (Lipinski definition) is 3. The van der Waals surface area contributed by atoms with Gasteiger partial charge in [0.2, 0.25) is 0 Å². The van der Waals surface area contributed by atoms with Crippen LogP contribution in [0.3, 0.4) is 0 Å². The highest BCUT2D eigenvalue weighted by Crippen LogP contribution is 2.45. The fourth-order valence-corrected chi connectivity index (χ4v) is 10.3. The standard InChI is InChI=1S/C60H116O17P2/c1-50(2)36-28-20-12-9-10-14-26-34-42-59(64)76-55(46-70-57(62)40-32-24-15-11-13-21-29-37-51(3)4)48-74-78(66,67)72-44-54(61)45-73-79(68,69)75-49-56(77-60(65)43-35-27-19-17-23-31-39-53(7)8)47-71-58(63)41-33-25-18-16-22-30-38-52(5)6/h50-56,61H,9-49H2,1-8H3,(H,66,67)(H,68,69)/t54-,55-,56-/m1/s1. The summed E-state index contributed by atoms with van der Waals surface area (Å²) in [5, 5.41) is 10.5. The van der Waals surface area contributed by atoms with Crippen LogP contribution in [0.5, 0.6) is 0 Å². The maximum Gasteiger partial charge on any atom is 0.472 e. The number of unbranched alkanes of at least 4 members (excludes halogenated alkanes) is 23. The minimum absolute atomic E-state index is 0.100. The van der Waals surface area contributed by atoms with Crippen LogP contribution in [0.15, 0.2) is 0 Å². The van der Waals surface area contributed by atoms with E-state index in [1.807, 2.05) is 0 Å². The molecule has 0 aromatic carbocycles. The van der Waals surface area contributed by atoms with Crippen LogP contribution in [0.4, 0.5) is 0 Å². The van der Waals surface area contributed by atoms with Gasteiger partial charge in [-0.15, -0.1) is 0 Å². The molecule has 0 rings (SSSR count). The predicted octanol–water partition coefficient (Wildman–Crippen LogP) is 15.8. The summed E-state index contributed by atoms with van der Waals surface area (Å²) in [6.07, 6.45) is 28.4. The zero-order valence-corrected chi connectivity index (χ0v) is 52.8. The highest BCUT2D eigenvalue weighted by atomic mass is 31.2. The molecule has 0 fully saturated rings. The molecule has 19 heteroatoms. The van der Waals surface area contributed by atoms with Gasteiger partial charge >= 0.3 is 39.5 Å². The van der Waals surface area contributed by atoms with Crippen molar-refractivity contribution >= 4 is 39.5 Å². The third-order valence-corrected chi connectivity index (χ3v) is 15.5. The van der Waals surface area contributed by atoms with Crippen LogP contribution < -0.4 is 0 Å². The van der Waals surface area contributed by atoms with E-state index in [0.29, 0.717) is 43.4 Å². The largest absolute Gasteiger partial charge is 0.472 e. The normalized spacial score (nSPS) is 14.6. The van der Waals surface area contributed by atoms with Gasteiger partial charge in [-0.1, -0.05) is 229 Å². The number of ether oxygens (including phenoxy) is 4. The Labute approximate surface area is 479 Å². The molecule has 79 heavy (non-hydrogen) atoms. The molecule has 0 aromatic rings. The van der Waals surface area contributed by atoms with Crippen molar-refractivity contribution < 1.29 is 80.2 Å². The maximum absolute atomic E-state index is 12.9. The van der Waals surface area contributed by atoms with Crippen LogP contribution in [0.25, 0.3) is 0 Å². The quantitative estimate of drug-likeness (QED) is 0.0222. The van der Waals surface area contributed by atoms with Gasteiger partial charge in [-0.3, -0.25) is 37.3 Å². The predicted molar refractivity (Wildman–Crippen MR) is 312 cm³/mol. The summed E-state index contributed by atoms with van der Waals surface area (Å²) in [6, 6.07) is 0.